The first-order valence-electron chi connectivity index (χ1n) is 8.42. The van der Waals surface area contributed by atoms with Crippen molar-refractivity contribution in [3.63, 3.8) is 0 Å². The highest BCUT2D eigenvalue weighted by molar-refractivity contribution is 6.30. The van der Waals surface area contributed by atoms with E-state index in [1.54, 1.807) is 12.1 Å². The number of nitrogens with zero attached hydrogens (tertiary/aromatic N) is 1. The zero-order valence-corrected chi connectivity index (χ0v) is 14.3. The molecule has 5 nitrogen and oxygen atoms in total. The minimum Gasteiger partial charge on any atom is -0.359 e. The Morgan fingerprint density at radius 1 is 1.21 bits per heavy atom. The molecule has 0 aliphatic heterocycles. The summed E-state index contributed by atoms with van der Waals surface area (Å²) < 4.78 is 5.25. The van der Waals surface area contributed by atoms with Gasteiger partial charge >= 0.3 is 0 Å². The molecule has 1 fully saturated rings. The molecule has 128 valence electrons. The summed E-state index contributed by atoms with van der Waals surface area (Å²) in [4.78, 5) is 12.1. The van der Waals surface area contributed by atoms with Crippen LogP contribution in [0.3, 0.4) is 0 Å². The van der Waals surface area contributed by atoms with E-state index >= 15 is 0 Å². The Bertz CT molecular complexity index is 680. The van der Waals surface area contributed by atoms with Crippen LogP contribution < -0.4 is 10.6 Å². The fourth-order valence-electron chi connectivity index (χ4n) is 2.97. The first-order chi connectivity index (χ1) is 11.7. The molecule has 0 radical (unpaired) electrons. The molecule has 2 N–H and O–H groups in total. The predicted molar refractivity (Wildman–Crippen MR) is 92.8 cm³/mol. The number of benzene rings is 1. The maximum Gasteiger partial charge on any atom is 0.273 e. The molecule has 24 heavy (non-hydrogen) atoms. The molecule has 1 aromatic heterocycles. The van der Waals surface area contributed by atoms with Gasteiger partial charge < -0.3 is 15.2 Å². The van der Waals surface area contributed by atoms with Gasteiger partial charge in [0, 0.05) is 23.7 Å². The topological polar surface area (TPSA) is 67.2 Å². The first-order valence-corrected chi connectivity index (χ1v) is 8.80. The molecule has 1 heterocycles. The number of hydrogen-bond donors (Lipinski definition) is 2. The minimum absolute atomic E-state index is 0.248. The molecular weight excluding hydrogens is 326 g/mol. The van der Waals surface area contributed by atoms with E-state index in [1.807, 2.05) is 18.2 Å². The Morgan fingerprint density at radius 2 is 2.04 bits per heavy atom. The summed E-state index contributed by atoms with van der Waals surface area (Å²) >= 11 is 5.93. The van der Waals surface area contributed by atoms with Gasteiger partial charge in [-0.15, -0.1) is 0 Å². The van der Waals surface area contributed by atoms with Crippen molar-refractivity contribution in [2.45, 2.75) is 51.2 Å². The van der Waals surface area contributed by atoms with Crippen molar-refractivity contribution in [3.8, 4) is 0 Å². The Labute approximate surface area is 146 Å². The van der Waals surface area contributed by atoms with Gasteiger partial charge in [0.05, 0.1) is 6.54 Å². The van der Waals surface area contributed by atoms with Crippen LogP contribution in [0.1, 0.15) is 53.9 Å². The zero-order chi connectivity index (χ0) is 16.8. The monoisotopic (exact) mass is 347 g/mol. The van der Waals surface area contributed by atoms with E-state index in [9.17, 15) is 4.79 Å². The Morgan fingerprint density at radius 3 is 2.83 bits per heavy atom. The van der Waals surface area contributed by atoms with Crippen molar-refractivity contribution in [3.05, 3.63) is 52.4 Å². The third kappa shape index (κ3) is 4.82. The van der Waals surface area contributed by atoms with E-state index in [2.05, 4.69) is 15.8 Å². The van der Waals surface area contributed by atoms with Gasteiger partial charge in [-0.25, -0.2) is 0 Å². The molecule has 1 saturated carbocycles. The molecule has 1 aliphatic rings. The molecule has 1 aliphatic carbocycles. The van der Waals surface area contributed by atoms with E-state index in [1.165, 1.54) is 32.1 Å². The van der Waals surface area contributed by atoms with Crippen LogP contribution in [0.4, 0.5) is 0 Å². The number of nitrogens with one attached hydrogen (secondary N) is 2. The Kier molecular flexibility index (Phi) is 5.88. The number of carbonyl (C=O) groups excluding carboxylic acids is 1. The number of rotatable bonds is 6. The van der Waals surface area contributed by atoms with Crippen LogP contribution in [0.25, 0.3) is 0 Å². The minimum atomic E-state index is -0.248. The quantitative estimate of drug-likeness (QED) is 0.836. The van der Waals surface area contributed by atoms with E-state index in [4.69, 9.17) is 16.1 Å². The lowest BCUT2D eigenvalue weighted by Crippen LogP contribution is -2.30. The number of amides is 1. The average molecular weight is 348 g/mol. The molecule has 0 spiro atoms. The first kappa shape index (κ1) is 17.0. The third-order valence-electron chi connectivity index (χ3n) is 4.30. The van der Waals surface area contributed by atoms with Crippen LogP contribution >= 0.6 is 11.6 Å². The van der Waals surface area contributed by atoms with Gasteiger partial charge in [0.15, 0.2) is 11.5 Å². The smallest absolute Gasteiger partial charge is 0.273 e. The predicted octanol–water partition coefficient (Wildman–Crippen LogP) is 3.68. The Hall–Kier alpha value is -1.85. The lowest BCUT2D eigenvalue weighted by Gasteiger charge is -2.22. The van der Waals surface area contributed by atoms with Gasteiger partial charge in [-0.2, -0.15) is 0 Å². The van der Waals surface area contributed by atoms with Crippen LogP contribution in [-0.2, 0) is 13.1 Å². The maximum atomic E-state index is 12.1. The number of carbonyl (C=O) groups is 1. The standard InChI is InChI=1S/C18H22ClN3O2/c19-14-6-4-5-13(9-14)11-21-18(23)17-10-16(24-22-17)12-20-15-7-2-1-3-8-15/h4-6,9-10,15,20H,1-3,7-8,11-12H2,(H,21,23). The van der Waals surface area contributed by atoms with Gasteiger partial charge in [-0.3, -0.25) is 4.79 Å². The summed E-state index contributed by atoms with van der Waals surface area (Å²) in [7, 11) is 0. The third-order valence-corrected chi connectivity index (χ3v) is 4.54. The highest BCUT2D eigenvalue weighted by Gasteiger charge is 2.15. The van der Waals surface area contributed by atoms with Crippen molar-refractivity contribution >= 4 is 17.5 Å². The normalized spacial score (nSPS) is 15.4. The number of aromatic nitrogens is 1. The van der Waals surface area contributed by atoms with E-state index < -0.39 is 0 Å². The molecule has 3 rings (SSSR count). The summed E-state index contributed by atoms with van der Waals surface area (Å²) in [5, 5.41) is 10.8. The second kappa shape index (κ2) is 8.31. The lowest BCUT2D eigenvalue weighted by molar-refractivity contribution is 0.0941. The number of halogens is 1. The van der Waals surface area contributed by atoms with Crippen LogP contribution in [-0.4, -0.2) is 17.1 Å². The second-order valence-electron chi connectivity index (χ2n) is 6.21. The fourth-order valence-corrected chi connectivity index (χ4v) is 3.19. The number of hydrogen-bond acceptors (Lipinski definition) is 4. The van der Waals surface area contributed by atoms with E-state index in [0.717, 1.165) is 5.56 Å². The summed E-state index contributed by atoms with van der Waals surface area (Å²) in [6, 6.07) is 9.64. The van der Waals surface area contributed by atoms with Gasteiger partial charge in [0.2, 0.25) is 0 Å². The van der Waals surface area contributed by atoms with Crippen molar-refractivity contribution < 1.29 is 9.32 Å². The van der Waals surface area contributed by atoms with Crippen molar-refractivity contribution in [2.24, 2.45) is 0 Å². The second-order valence-corrected chi connectivity index (χ2v) is 6.64. The molecule has 1 aromatic carbocycles. The zero-order valence-electron chi connectivity index (χ0n) is 13.6. The van der Waals surface area contributed by atoms with Crippen molar-refractivity contribution in [2.75, 3.05) is 0 Å². The van der Waals surface area contributed by atoms with Gasteiger partial charge in [0.25, 0.3) is 5.91 Å². The average Bonchev–Trinajstić information content (AvgIpc) is 3.08. The molecule has 6 heteroatoms. The Balaban J connectivity index is 1.48. The molecule has 0 unspecified atom stereocenters. The van der Waals surface area contributed by atoms with Crippen molar-refractivity contribution in [1.29, 1.82) is 0 Å². The van der Waals surface area contributed by atoms with Crippen LogP contribution in [0.5, 0.6) is 0 Å². The van der Waals surface area contributed by atoms with E-state index in [0.29, 0.717) is 35.6 Å². The van der Waals surface area contributed by atoms with Gasteiger partial charge in [-0.1, -0.05) is 48.2 Å². The molecular formula is C18H22ClN3O2. The summed E-state index contributed by atoms with van der Waals surface area (Å²) in [6.45, 7) is 1.02. The van der Waals surface area contributed by atoms with Crippen molar-refractivity contribution in [1.82, 2.24) is 15.8 Å². The molecule has 2 aromatic rings. The fraction of sp³-hybridized carbons (Fsp3) is 0.444. The van der Waals surface area contributed by atoms with Crippen LogP contribution in [0, 0.1) is 0 Å². The maximum absolute atomic E-state index is 12.1. The van der Waals surface area contributed by atoms with Crippen LogP contribution in [0.15, 0.2) is 34.9 Å². The summed E-state index contributed by atoms with van der Waals surface area (Å²) in [6.07, 6.45) is 6.32. The highest BCUT2D eigenvalue weighted by Crippen LogP contribution is 2.18. The molecule has 0 bridgehead atoms. The van der Waals surface area contributed by atoms with E-state index in [-0.39, 0.29) is 5.91 Å². The summed E-state index contributed by atoms with van der Waals surface area (Å²) in [5.74, 6) is 0.441. The lowest BCUT2D eigenvalue weighted by atomic mass is 9.95. The largest absolute Gasteiger partial charge is 0.359 e. The van der Waals surface area contributed by atoms with Crippen LogP contribution in [0.2, 0.25) is 5.02 Å². The molecule has 0 atom stereocenters. The van der Waals surface area contributed by atoms with Gasteiger partial charge in [0.1, 0.15) is 0 Å². The SMILES string of the molecule is O=C(NCc1cccc(Cl)c1)c1cc(CNC2CCCCC2)on1. The molecule has 0 saturated heterocycles. The highest BCUT2D eigenvalue weighted by atomic mass is 35.5. The molecule has 1 amide bonds. The summed E-state index contributed by atoms with van der Waals surface area (Å²) in [5.41, 5.74) is 1.25. The van der Waals surface area contributed by atoms with Gasteiger partial charge in [-0.05, 0) is 30.5 Å².